The number of aliphatic imine (C=N–C) groups is 1. The lowest BCUT2D eigenvalue weighted by Crippen LogP contribution is -2.21. The van der Waals surface area contributed by atoms with Gasteiger partial charge in [-0.1, -0.05) is 49.7 Å². The Morgan fingerprint density at radius 2 is 1.79 bits per heavy atom. The summed E-state index contributed by atoms with van der Waals surface area (Å²) in [5.41, 5.74) is 5.13. The largest absolute Gasteiger partial charge is 0.323 e. The van der Waals surface area contributed by atoms with Gasteiger partial charge in [-0.05, 0) is 36.1 Å². The number of aromatic nitrogens is 2. The molecule has 1 aliphatic heterocycles. The minimum absolute atomic E-state index is 0.891. The Kier molecular flexibility index (Phi) is 4.53. The minimum atomic E-state index is 0.891. The van der Waals surface area contributed by atoms with E-state index in [9.17, 15) is 0 Å². The standard InChI is InChI=1S/C25H22N4/c1-2-3-16-29-24-20-10-5-4-8-18(20)12-13-21(24)23(19-9-6-14-26-17-19)28-22-11-7-15-27-25(22)29/h4-15,17H,2-3,16H2,1H3. The molecule has 4 nitrogen and oxygen atoms in total. The topological polar surface area (TPSA) is 41.4 Å². The Labute approximate surface area is 170 Å². The Hall–Kier alpha value is -3.53. The van der Waals surface area contributed by atoms with Crippen molar-refractivity contribution in [2.45, 2.75) is 19.8 Å². The van der Waals surface area contributed by atoms with Gasteiger partial charge in [0.25, 0.3) is 0 Å². The number of nitrogens with zero attached hydrogens (tertiary/aromatic N) is 4. The summed E-state index contributed by atoms with van der Waals surface area (Å²) in [5.74, 6) is 0.914. The zero-order valence-electron chi connectivity index (χ0n) is 16.4. The number of rotatable bonds is 4. The molecule has 0 unspecified atom stereocenters. The van der Waals surface area contributed by atoms with Crippen molar-refractivity contribution in [1.29, 1.82) is 0 Å². The second kappa shape index (κ2) is 7.47. The SMILES string of the molecule is CCCCN1c2ncccc2N=C(c2cccnc2)c2ccc3ccccc3c21. The third kappa shape index (κ3) is 3.07. The lowest BCUT2D eigenvalue weighted by atomic mass is 9.96. The average molecular weight is 378 g/mol. The van der Waals surface area contributed by atoms with Crippen LogP contribution in [0.5, 0.6) is 0 Å². The number of pyridine rings is 2. The second-order valence-corrected chi connectivity index (χ2v) is 7.24. The lowest BCUT2D eigenvalue weighted by Gasteiger charge is -2.27. The summed E-state index contributed by atoms with van der Waals surface area (Å²) in [6.45, 7) is 3.12. The fraction of sp³-hybridized carbons (Fsp3) is 0.160. The molecular formula is C25H22N4. The van der Waals surface area contributed by atoms with Crippen LogP contribution in [0.3, 0.4) is 0 Å². The summed E-state index contributed by atoms with van der Waals surface area (Å²) in [6, 6.07) is 21.0. The van der Waals surface area contributed by atoms with Crippen molar-refractivity contribution in [2.24, 2.45) is 4.99 Å². The number of anilines is 2. The first kappa shape index (κ1) is 17.6. The van der Waals surface area contributed by atoms with Crippen LogP contribution >= 0.6 is 0 Å². The van der Waals surface area contributed by atoms with Crippen LogP contribution in [0, 0.1) is 0 Å². The van der Waals surface area contributed by atoms with Gasteiger partial charge in [0.2, 0.25) is 0 Å². The molecule has 0 fully saturated rings. The zero-order chi connectivity index (χ0) is 19.6. The first-order valence-corrected chi connectivity index (χ1v) is 10.1. The predicted octanol–water partition coefficient (Wildman–Crippen LogP) is 6.05. The van der Waals surface area contributed by atoms with E-state index in [1.165, 1.54) is 16.5 Å². The van der Waals surface area contributed by atoms with Crippen LogP contribution in [0.4, 0.5) is 17.2 Å². The van der Waals surface area contributed by atoms with E-state index >= 15 is 0 Å². The highest BCUT2D eigenvalue weighted by atomic mass is 15.2. The van der Waals surface area contributed by atoms with Gasteiger partial charge in [0.05, 0.1) is 11.4 Å². The molecule has 0 radical (unpaired) electrons. The molecule has 2 aromatic carbocycles. The Bertz CT molecular complexity index is 1200. The lowest BCUT2D eigenvalue weighted by molar-refractivity contribution is 0.781. The van der Waals surface area contributed by atoms with Crippen molar-refractivity contribution < 1.29 is 0 Å². The van der Waals surface area contributed by atoms with Crippen molar-refractivity contribution in [3.05, 3.63) is 90.4 Å². The number of unbranched alkanes of at least 4 members (excludes halogenated alkanes) is 1. The van der Waals surface area contributed by atoms with Crippen molar-refractivity contribution in [1.82, 2.24) is 9.97 Å². The molecule has 1 aliphatic rings. The van der Waals surface area contributed by atoms with E-state index in [0.717, 1.165) is 47.7 Å². The first-order chi connectivity index (χ1) is 14.4. The van der Waals surface area contributed by atoms with E-state index in [4.69, 9.17) is 9.98 Å². The van der Waals surface area contributed by atoms with Crippen LogP contribution in [0.1, 0.15) is 30.9 Å². The normalized spacial score (nSPS) is 12.9. The van der Waals surface area contributed by atoms with Gasteiger partial charge in [-0.15, -0.1) is 0 Å². The highest BCUT2D eigenvalue weighted by Crippen LogP contribution is 2.42. The average Bonchev–Trinajstić information content (AvgIpc) is 2.93. The Morgan fingerprint density at radius 1 is 0.897 bits per heavy atom. The second-order valence-electron chi connectivity index (χ2n) is 7.24. The van der Waals surface area contributed by atoms with Gasteiger partial charge >= 0.3 is 0 Å². The maximum Gasteiger partial charge on any atom is 0.159 e. The van der Waals surface area contributed by atoms with Gasteiger partial charge in [0, 0.05) is 41.6 Å². The fourth-order valence-corrected chi connectivity index (χ4v) is 3.96. The number of benzene rings is 2. The Morgan fingerprint density at radius 3 is 2.66 bits per heavy atom. The summed E-state index contributed by atoms with van der Waals surface area (Å²) in [6.07, 6.45) is 7.74. The highest BCUT2D eigenvalue weighted by Gasteiger charge is 2.26. The molecule has 0 amide bonds. The molecule has 29 heavy (non-hydrogen) atoms. The third-order valence-corrected chi connectivity index (χ3v) is 5.35. The van der Waals surface area contributed by atoms with E-state index in [-0.39, 0.29) is 0 Å². The molecule has 0 saturated heterocycles. The van der Waals surface area contributed by atoms with Crippen LogP contribution in [0.15, 0.2) is 84.2 Å². The summed E-state index contributed by atoms with van der Waals surface area (Å²) in [7, 11) is 0. The molecule has 2 aromatic heterocycles. The fourth-order valence-electron chi connectivity index (χ4n) is 3.96. The summed E-state index contributed by atoms with van der Waals surface area (Å²) in [4.78, 5) is 16.5. The van der Waals surface area contributed by atoms with Gasteiger partial charge in [-0.25, -0.2) is 9.98 Å². The van der Waals surface area contributed by atoms with Gasteiger partial charge in [0.1, 0.15) is 5.69 Å². The molecule has 0 N–H and O–H groups in total. The maximum atomic E-state index is 5.09. The van der Waals surface area contributed by atoms with Crippen LogP contribution in [0.2, 0.25) is 0 Å². The molecule has 0 saturated carbocycles. The van der Waals surface area contributed by atoms with E-state index in [1.807, 2.05) is 30.6 Å². The molecule has 0 spiro atoms. The van der Waals surface area contributed by atoms with Crippen molar-refractivity contribution in [3.63, 3.8) is 0 Å². The molecule has 4 aromatic rings. The zero-order valence-corrected chi connectivity index (χ0v) is 16.4. The van der Waals surface area contributed by atoms with Crippen molar-refractivity contribution >= 4 is 33.7 Å². The maximum absolute atomic E-state index is 5.09. The number of hydrogen-bond donors (Lipinski definition) is 0. The number of hydrogen-bond acceptors (Lipinski definition) is 4. The van der Waals surface area contributed by atoms with E-state index in [1.54, 1.807) is 6.20 Å². The van der Waals surface area contributed by atoms with Crippen LogP contribution < -0.4 is 4.90 Å². The van der Waals surface area contributed by atoms with E-state index < -0.39 is 0 Å². The van der Waals surface area contributed by atoms with Crippen molar-refractivity contribution in [3.8, 4) is 0 Å². The van der Waals surface area contributed by atoms with Crippen LogP contribution in [-0.2, 0) is 0 Å². The predicted molar refractivity (Wildman–Crippen MR) is 120 cm³/mol. The van der Waals surface area contributed by atoms with E-state index in [2.05, 4.69) is 59.3 Å². The van der Waals surface area contributed by atoms with Crippen molar-refractivity contribution in [2.75, 3.05) is 11.4 Å². The van der Waals surface area contributed by atoms with Crippen LogP contribution in [0.25, 0.3) is 10.8 Å². The molecule has 5 rings (SSSR count). The molecule has 0 bridgehead atoms. The molecule has 0 aliphatic carbocycles. The van der Waals surface area contributed by atoms with Gasteiger partial charge in [-0.3, -0.25) is 4.98 Å². The third-order valence-electron chi connectivity index (χ3n) is 5.35. The highest BCUT2D eigenvalue weighted by molar-refractivity contribution is 6.21. The number of fused-ring (bicyclic) bond motifs is 4. The monoisotopic (exact) mass is 378 g/mol. The molecule has 0 atom stereocenters. The smallest absolute Gasteiger partial charge is 0.159 e. The minimum Gasteiger partial charge on any atom is -0.323 e. The van der Waals surface area contributed by atoms with Gasteiger partial charge in [0.15, 0.2) is 5.82 Å². The quantitative estimate of drug-likeness (QED) is 0.434. The van der Waals surface area contributed by atoms with E-state index in [0.29, 0.717) is 0 Å². The Balaban J connectivity index is 1.86. The van der Waals surface area contributed by atoms with Gasteiger partial charge in [-0.2, -0.15) is 0 Å². The van der Waals surface area contributed by atoms with Crippen LogP contribution in [-0.4, -0.2) is 22.2 Å². The van der Waals surface area contributed by atoms with Gasteiger partial charge < -0.3 is 4.90 Å². The summed E-state index contributed by atoms with van der Waals surface area (Å²) < 4.78 is 0. The molecule has 4 heteroatoms. The molecule has 142 valence electrons. The molecular weight excluding hydrogens is 356 g/mol. The summed E-state index contributed by atoms with van der Waals surface area (Å²) >= 11 is 0. The summed E-state index contributed by atoms with van der Waals surface area (Å²) in [5, 5.41) is 2.44. The molecule has 3 heterocycles. The first-order valence-electron chi connectivity index (χ1n) is 10.1.